The number of amides is 1. The Bertz CT molecular complexity index is 895. The molecule has 0 spiro atoms. The zero-order chi connectivity index (χ0) is 19.6. The van der Waals surface area contributed by atoms with Crippen LogP contribution in [-0.4, -0.2) is 48.5 Å². The number of aryl methyl sites for hydroxylation is 1. The number of nitrogens with zero attached hydrogens (tertiary/aromatic N) is 4. The molecule has 1 amide bonds. The van der Waals surface area contributed by atoms with E-state index in [1.807, 2.05) is 53.0 Å². The van der Waals surface area contributed by atoms with Crippen LogP contribution in [0.25, 0.3) is 0 Å². The topological polar surface area (TPSA) is 87.0 Å². The fraction of sp³-hybridized carbons (Fsp3) is 0.381. The predicted octanol–water partition coefficient (Wildman–Crippen LogP) is 2.21. The third kappa shape index (κ3) is 3.71. The van der Waals surface area contributed by atoms with Crippen molar-refractivity contribution < 1.29 is 9.90 Å². The van der Waals surface area contributed by atoms with Crippen molar-refractivity contribution in [1.82, 2.24) is 24.4 Å². The quantitative estimate of drug-likeness (QED) is 0.712. The Morgan fingerprint density at radius 2 is 2.00 bits per heavy atom. The number of rotatable bonds is 5. The molecule has 1 aliphatic heterocycles. The molecule has 28 heavy (non-hydrogen) atoms. The van der Waals surface area contributed by atoms with Crippen LogP contribution in [0.4, 0.5) is 0 Å². The van der Waals surface area contributed by atoms with E-state index >= 15 is 0 Å². The maximum atomic E-state index is 13.3. The lowest BCUT2D eigenvalue weighted by Crippen LogP contribution is -2.48. The highest BCUT2D eigenvalue weighted by Crippen LogP contribution is 2.32. The number of aliphatic hydroxyl groups is 1. The van der Waals surface area contributed by atoms with E-state index in [0.717, 1.165) is 11.3 Å². The number of pyridine rings is 1. The molecule has 1 aliphatic rings. The molecule has 0 radical (unpaired) electrons. The van der Waals surface area contributed by atoms with Gasteiger partial charge in [0.1, 0.15) is 11.6 Å². The lowest BCUT2D eigenvalue weighted by molar-refractivity contribution is -0.139. The zero-order valence-electron chi connectivity index (χ0n) is 16.0. The van der Waals surface area contributed by atoms with Gasteiger partial charge in [-0.1, -0.05) is 6.07 Å². The van der Waals surface area contributed by atoms with E-state index in [1.165, 1.54) is 0 Å². The highest BCUT2D eigenvalue weighted by molar-refractivity contribution is 5.81. The van der Waals surface area contributed by atoms with Crippen LogP contribution >= 0.6 is 0 Å². The fourth-order valence-electron chi connectivity index (χ4n) is 3.79. The summed E-state index contributed by atoms with van der Waals surface area (Å²) < 4.78 is 1.94. The first-order valence-electron chi connectivity index (χ1n) is 9.59. The summed E-state index contributed by atoms with van der Waals surface area (Å²) in [5.74, 6) is 0.0599. The van der Waals surface area contributed by atoms with Gasteiger partial charge in [0.2, 0.25) is 5.91 Å². The SMILES string of the molecule is Cc1ccc(C2(O)CCN(C(=O)[C@@H](Cc3cnc[nH]3)n3cccc3)CC2)nc1. The average molecular weight is 379 g/mol. The summed E-state index contributed by atoms with van der Waals surface area (Å²) >= 11 is 0. The minimum atomic E-state index is -0.975. The molecule has 0 unspecified atom stereocenters. The van der Waals surface area contributed by atoms with E-state index in [-0.39, 0.29) is 11.9 Å². The molecule has 2 N–H and O–H groups in total. The third-order valence-electron chi connectivity index (χ3n) is 5.53. The molecule has 0 saturated carbocycles. The standard InChI is InChI=1S/C21H25N5O2/c1-16-4-5-19(23-13-16)21(28)6-10-26(11-7-21)20(27)18(25-8-2-3-9-25)12-17-14-22-15-24-17/h2-5,8-9,13-15,18,28H,6-7,10-12H2,1H3,(H,22,24)/t18-/m1/s1. The Morgan fingerprint density at radius 3 is 2.61 bits per heavy atom. The summed E-state index contributed by atoms with van der Waals surface area (Å²) in [6.07, 6.45) is 10.5. The highest BCUT2D eigenvalue weighted by Gasteiger charge is 2.38. The average Bonchev–Trinajstić information content (AvgIpc) is 3.41. The number of carbonyl (C=O) groups is 1. The summed E-state index contributed by atoms with van der Waals surface area (Å²) in [6, 6.07) is 7.35. The molecule has 4 rings (SSSR count). The second-order valence-electron chi connectivity index (χ2n) is 7.50. The van der Waals surface area contributed by atoms with Crippen LogP contribution in [0.1, 0.15) is 35.8 Å². The van der Waals surface area contributed by atoms with Crippen LogP contribution < -0.4 is 0 Å². The van der Waals surface area contributed by atoms with Crippen LogP contribution in [0.5, 0.6) is 0 Å². The second-order valence-corrected chi connectivity index (χ2v) is 7.50. The molecule has 0 aliphatic carbocycles. The maximum Gasteiger partial charge on any atom is 0.246 e. The zero-order valence-corrected chi connectivity index (χ0v) is 16.0. The van der Waals surface area contributed by atoms with E-state index in [9.17, 15) is 9.90 Å². The number of carbonyl (C=O) groups excluding carboxylic acids is 1. The van der Waals surface area contributed by atoms with Crippen molar-refractivity contribution >= 4 is 5.91 Å². The number of aromatic amines is 1. The molecular formula is C21H25N5O2. The Hall–Kier alpha value is -2.93. The van der Waals surface area contributed by atoms with Gasteiger partial charge in [-0.3, -0.25) is 9.78 Å². The van der Waals surface area contributed by atoms with Gasteiger partial charge >= 0.3 is 0 Å². The van der Waals surface area contributed by atoms with Crippen LogP contribution in [0.15, 0.2) is 55.4 Å². The normalized spacial score (nSPS) is 17.4. The van der Waals surface area contributed by atoms with Crippen molar-refractivity contribution in [1.29, 1.82) is 0 Å². The molecule has 3 aromatic heterocycles. The van der Waals surface area contributed by atoms with Crippen molar-refractivity contribution in [2.24, 2.45) is 0 Å². The van der Waals surface area contributed by atoms with Crippen molar-refractivity contribution in [2.45, 2.75) is 37.8 Å². The number of H-pyrrole nitrogens is 1. The van der Waals surface area contributed by atoms with Gasteiger partial charge in [-0.25, -0.2) is 4.98 Å². The van der Waals surface area contributed by atoms with Crippen LogP contribution in [0.2, 0.25) is 0 Å². The molecule has 4 heterocycles. The number of likely N-dealkylation sites (tertiary alicyclic amines) is 1. The summed E-state index contributed by atoms with van der Waals surface area (Å²) in [4.78, 5) is 26.7. The van der Waals surface area contributed by atoms with E-state index < -0.39 is 5.60 Å². The molecule has 1 fully saturated rings. The van der Waals surface area contributed by atoms with Gasteiger partial charge in [-0.15, -0.1) is 0 Å². The van der Waals surface area contributed by atoms with Crippen LogP contribution in [0.3, 0.4) is 0 Å². The highest BCUT2D eigenvalue weighted by atomic mass is 16.3. The second kappa shape index (κ2) is 7.59. The lowest BCUT2D eigenvalue weighted by atomic mass is 9.87. The molecular weight excluding hydrogens is 354 g/mol. The first-order valence-corrected chi connectivity index (χ1v) is 9.59. The molecule has 3 aromatic rings. The van der Waals surface area contributed by atoms with Gasteiger partial charge in [0.15, 0.2) is 0 Å². The van der Waals surface area contributed by atoms with Crippen LogP contribution in [0, 0.1) is 6.92 Å². The summed E-state index contributed by atoms with van der Waals surface area (Å²) in [7, 11) is 0. The van der Waals surface area contributed by atoms with E-state index in [1.54, 1.807) is 18.7 Å². The van der Waals surface area contributed by atoms with Gasteiger partial charge in [-0.05, 0) is 43.5 Å². The lowest BCUT2D eigenvalue weighted by Gasteiger charge is -2.39. The molecule has 1 saturated heterocycles. The minimum absolute atomic E-state index is 0.0599. The van der Waals surface area contributed by atoms with Crippen molar-refractivity contribution in [3.63, 3.8) is 0 Å². The Balaban J connectivity index is 1.47. The Morgan fingerprint density at radius 1 is 1.25 bits per heavy atom. The first kappa shape index (κ1) is 18.4. The number of hydrogen-bond acceptors (Lipinski definition) is 4. The molecule has 7 heteroatoms. The Kier molecular flexibility index (Phi) is 5.00. The van der Waals surface area contributed by atoms with Crippen molar-refractivity contribution in [3.8, 4) is 0 Å². The molecule has 7 nitrogen and oxygen atoms in total. The van der Waals surface area contributed by atoms with Crippen molar-refractivity contribution in [3.05, 3.63) is 72.3 Å². The van der Waals surface area contributed by atoms with E-state index in [0.29, 0.717) is 38.0 Å². The molecule has 1 atom stereocenters. The molecule has 146 valence electrons. The first-order chi connectivity index (χ1) is 13.5. The Labute approximate surface area is 164 Å². The summed E-state index contributed by atoms with van der Waals surface area (Å²) in [6.45, 7) is 2.99. The largest absolute Gasteiger partial charge is 0.383 e. The van der Waals surface area contributed by atoms with Gasteiger partial charge in [-0.2, -0.15) is 0 Å². The maximum absolute atomic E-state index is 13.3. The van der Waals surface area contributed by atoms with Crippen molar-refractivity contribution in [2.75, 3.05) is 13.1 Å². The van der Waals surface area contributed by atoms with E-state index in [2.05, 4.69) is 15.0 Å². The number of piperidine rings is 1. The number of hydrogen-bond donors (Lipinski definition) is 2. The minimum Gasteiger partial charge on any atom is -0.383 e. The summed E-state index contributed by atoms with van der Waals surface area (Å²) in [5, 5.41) is 11.0. The monoisotopic (exact) mass is 379 g/mol. The van der Waals surface area contributed by atoms with E-state index in [4.69, 9.17) is 0 Å². The van der Waals surface area contributed by atoms with Gasteiger partial charge in [0.25, 0.3) is 0 Å². The number of imidazole rings is 1. The predicted molar refractivity (Wildman–Crippen MR) is 104 cm³/mol. The number of aromatic nitrogens is 4. The molecule has 0 aromatic carbocycles. The van der Waals surface area contributed by atoms with Gasteiger partial charge < -0.3 is 19.6 Å². The van der Waals surface area contributed by atoms with Gasteiger partial charge in [0.05, 0.1) is 12.0 Å². The third-order valence-corrected chi connectivity index (χ3v) is 5.53. The smallest absolute Gasteiger partial charge is 0.246 e. The fourth-order valence-corrected chi connectivity index (χ4v) is 3.79. The van der Waals surface area contributed by atoms with Gasteiger partial charge in [0, 0.05) is 50.0 Å². The summed E-state index contributed by atoms with van der Waals surface area (Å²) in [5.41, 5.74) is 1.69. The van der Waals surface area contributed by atoms with Crippen LogP contribution in [-0.2, 0) is 16.8 Å². The molecule has 0 bridgehead atoms. The number of nitrogens with one attached hydrogen (secondary N) is 1.